The van der Waals surface area contributed by atoms with Crippen LogP contribution in [-0.4, -0.2) is 63.5 Å². The van der Waals surface area contributed by atoms with Crippen molar-refractivity contribution >= 4 is 28.3 Å². The Bertz CT molecular complexity index is 1490. The normalized spacial score (nSPS) is 18.0. The first kappa shape index (κ1) is 27.9. The van der Waals surface area contributed by atoms with Crippen molar-refractivity contribution in [3.05, 3.63) is 82.5 Å². The highest BCUT2D eigenvalue weighted by Crippen LogP contribution is 2.30. The van der Waals surface area contributed by atoms with Crippen LogP contribution in [0.1, 0.15) is 42.3 Å². The van der Waals surface area contributed by atoms with Crippen molar-refractivity contribution in [2.75, 3.05) is 38.2 Å². The molecule has 1 unspecified atom stereocenters. The second-order valence-electron chi connectivity index (χ2n) is 10.7. The van der Waals surface area contributed by atoms with E-state index < -0.39 is 0 Å². The summed E-state index contributed by atoms with van der Waals surface area (Å²) >= 11 is 5.86. The van der Waals surface area contributed by atoms with E-state index >= 15 is 0 Å². The summed E-state index contributed by atoms with van der Waals surface area (Å²) in [5, 5.41) is 12.8. The average Bonchev–Trinajstić information content (AvgIpc) is 3.29. The lowest BCUT2D eigenvalue weighted by atomic mass is 9.93. The van der Waals surface area contributed by atoms with E-state index in [1.165, 1.54) is 6.07 Å². The molecule has 2 aromatic heterocycles. The summed E-state index contributed by atoms with van der Waals surface area (Å²) in [6.45, 7) is 4.99. The van der Waals surface area contributed by atoms with Crippen molar-refractivity contribution in [3.8, 4) is 5.88 Å². The minimum Gasteiger partial charge on any atom is -0.473 e. The quantitative estimate of drug-likeness (QED) is 0.247. The third-order valence-electron chi connectivity index (χ3n) is 7.95. The lowest BCUT2D eigenvalue weighted by Gasteiger charge is -2.32. The fourth-order valence-corrected chi connectivity index (χ4v) is 5.72. The molecule has 2 fully saturated rings. The molecule has 6 rings (SSSR count). The minimum atomic E-state index is -0.381. The van der Waals surface area contributed by atoms with Gasteiger partial charge in [0.1, 0.15) is 18.2 Å². The number of aliphatic hydroxyl groups is 1. The zero-order chi connectivity index (χ0) is 28.2. The van der Waals surface area contributed by atoms with Crippen LogP contribution in [0.15, 0.2) is 54.6 Å². The van der Waals surface area contributed by atoms with Crippen molar-refractivity contribution in [1.29, 1.82) is 0 Å². The highest BCUT2D eigenvalue weighted by molar-refractivity contribution is 6.30. The number of ether oxygens (including phenoxy) is 2. The van der Waals surface area contributed by atoms with Crippen LogP contribution in [0.3, 0.4) is 0 Å². The molecule has 41 heavy (non-hydrogen) atoms. The summed E-state index contributed by atoms with van der Waals surface area (Å²) in [6.07, 6.45) is 3.29. The van der Waals surface area contributed by atoms with Gasteiger partial charge in [-0.25, -0.2) is 14.4 Å². The number of piperidine rings is 1. The highest BCUT2D eigenvalue weighted by Gasteiger charge is 2.26. The molecule has 2 N–H and O–H groups in total. The van der Waals surface area contributed by atoms with Gasteiger partial charge in [-0.1, -0.05) is 23.7 Å². The number of imidazole rings is 1. The number of hydrogen-bond donors (Lipinski definition) is 2. The van der Waals surface area contributed by atoms with Crippen LogP contribution >= 0.6 is 11.6 Å². The number of benzene rings is 2. The molecule has 4 heterocycles. The number of likely N-dealkylation sites (tertiary alicyclic amines) is 1. The Morgan fingerprint density at radius 3 is 2.68 bits per heavy atom. The molecule has 0 amide bonds. The van der Waals surface area contributed by atoms with E-state index in [0.717, 1.165) is 80.3 Å². The fraction of sp³-hybridized carbons (Fsp3) is 0.419. The van der Waals surface area contributed by atoms with Gasteiger partial charge in [-0.15, -0.1) is 0 Å². The molecule has 0 radical (unpaired) electrons. The Morgan fingerprint density at radius 1 is 1.07 bits per heavy atom. The van der Waals surface area contributed by atoms with Crippen LogP contribution in [-0.2, 0) is 24.4 Å². The molecule has 216 valence electrons. The Labute approximate surface area is 244 Å². The lowest BCUT2D eigenvalue weighted by molar-refractivity contribution is -0.0592. The van der Waals surface area contributed by atoms with Gasteiger partial charge in [-0.2, -0.15) is 0 Å². The SMILES string of the molecule is OCCNc1ccc2c(c1)nc(CN1CCC(c3cccc(OCc4ccc(Cl)cc4F)n3)CC1)n2CC1CCO1. The van der Waals surface area contributed by atoms with Crippen molar-refractivity contribution in [2.45, 2.75) is 51.0 Å². The van der Waals surface area contributed by atoms with Gasteiger partial charge < -0.3 is 24.5 Å². The predicted octanol–water partition coefficient (Wildman–Crippen LogP) is 5.38. The van der Waals surface area contributed by atoms with E-state index in [0.29, 0.717) is 28.9 Å². The van der Waals surface area contributed by atoms with Crippen molar-refractivity contribution < 1.29 is 19.0 Å². The lowest BCUT2D eigenvalue weighted by Crippen LogP contribution is -2.35. The zero-order valence-electron chi connectivity index (χ0n) is 22.9. The first-order valence-corrected chi connectivity index (χ1v) is 14.6. The summed E-state index contributed by atoms with van der Waals surface area (Å²) in [6, 6.07) is 16.6. The van der Waals surface area contributed by atoms with Gasteiger partial charge in [0, 0.05) is 47.1 Å². The minimum absolute atomic E-state index is 0.0862. The van der Waals surface area contributed by atoms with Gasteiger partial charge in [0.2, 0.25) is 5.88 Å². The third-order valence-corrected chi connectivity index (χ3v) is 8.19. The van der Waals surface area contributed by atoms with E-state index in [-0.39, 0.29) is 25.1 Å². The molecule has 0 aliphatic carbocycles. The summed E-state index contributed by atoms with van der Waals surface area (Å²) in [4.78, 5) is 12.2. The second kappa shape index (κ2) is 12.7. The highest BCUT2D eigenvalue weighted by atomic mass is 35.5. The smallest absolute Gasteiger partial charge is 0.213 e. The third kappa shape index (κ3) is 6.64. The van der Waals surface area contributed by atoms with Crippen molar-refractivity contribution in [1.82, 2.24) is 19.4 Å². The van der Waals surface area contributed by atoms with Crippen LogP contribution in [0, 0.1) is 5.82 Å². The Kier molecular flexibility index (Phi) is 8.67. The number of rotatable bonds is 11. The maximum absolute atomic E-state index is 14.1. The molecular weight excluding hydrogens is 545 g/mol. The molecule has 2 aliphatic heterocycles. The summed E-state index contributed by atoms with van der Waals surface area (Å²) in [5.41, 5.74) is 4.48. The predicted molar refractivity (Wildman–Crippen MR) is 157 cm³/mol. The Balaban J connectivity index is 1.09. The number of nitrogens with one attached hydrogen (secondary N) is 1. The zero-order valence-corrected chi connectivity index (χ0v) is 23.7. The number of aliphatic hydroxyl groups excluding tert-OH is 1. The van der Waals surface area contributed by atoms with Gasteiger partial charge in [-0.05, 0) is 68.8 Å². The van der Waals surface area contributed by atoms with Crippen LogP contribution in [0.25, 0.3) is 11.0 Å². The Morgan fingerprint density at radius 2 is 1.93 bits per heavy atom. The number of hydrogen-bond acceptors (Lipinski definition) is 7. The summed E-state index contributed by atoms with van der Waals surface area (Å²) in [7, 11) is 0. The molecule has 0 bridgehead atoms. The standard InChI is InChI=1S/C31H35ClFN5O3/c32-23-5-4-22(26(33)16-23)20-41-31-3-1-2-27(36-31)21-8-12-37(13-9-21)19-30-35-28-17-24(34-11-14-39)6-7-29(28)38(30)18-25-10-15-40-25/h1-7,16-17,21,25,34,39H,8-15,18-20H2. The largest absolute Gasteiger partial charge is 0.473 e. The molecule has 2 aliphatic rings. The molecule has 10 heteroatoms. The molecular formula is C31H35ClFN5O3. The topological polar surface area (TPSA) is 84.7 Å². The van der Waals surface area contributed by atoms with Crippen molar-refractivity contribution in [3.63, 3.8) is 0 Å². The maximum atomic E-state index is 14.1. The monoisotopic (exact) mass is 579 g/mol. The Hall–Kier alpha value is -3.24. The van der Waals surface area contributed by atoms with Gasteiger partial charge in [0.25, 0.3) is 0 Å². The van der Waals surface area contributed by atoms with Gasteiger partial charge in [0.05, 0.1) is 36.8 Å². The summed E-state index contributed by atoms with van der Waals surface area (Å²) in [5.74, 6) is 1.51. The number of anilines is 1. The molecule has 2 aromatic carbocycles. The molecule has 4 aromatic rings. The number of halogens is 2. The van der Waals surface area contributed by atoms with Gasteiger partial charge >= 0.3 is 0 Å². The van der Waals surface area contributed by atoms with E-state index in [4.69, 9.17) is 36.1 Å². The second-order valence-corrected chi connectivity index (χ2v) is 11.2. The van der Waals surface area contributed by atoms with E-state index in [1.807, 2.05) is 18.2 Å². The first-order chi connectivity index (χ1) is 20.1. The fourth-order valence-electron chi connectivity index (χ4n) is 5.56. The van der Waals surface area contributed by atoms with Crippen molar-refractivity contribution in [2.24, 2.45) is 0 Å². The van der Waals surface area contributed by atoms with Crippen LogP contribution in [0.2, 0.25) is 5.02 Å². The molecule has 8 nitrogen and oxygen atoms in total. The molecule has 2 saturated heterocycles. The van der Waals surface area contributed by atoms with Crippen LogP contribution in [0.4, 0.5) is 10.1 Å². The average molecular weight is 580 g/mol. The van der Waals surface area contributed by atoms with E-state index in [2.05, 4.69) is 33.0 Å². The summed E-state index contributed by atoms with van der Waals surface area (Å²) < 4.78 is 28.0. The number of nitrogens with zero attached hydrogens (tertiary/aromatic N) is 4. The number of pyridine rings is 1. The van der Waals surface area contributed by atoms with Crippen LogP contribution < -0.4 is 10.1 Å². The molecule has 0 spiro atoms. The maximum Gasteiger partial charge on any atom is 0.213 e. The van der Waals surface area contributed by atoms with E-state index in [1.54, 1.807) is 12.1 Å². The molecule has 1 atom stereocenters. The molecule has 0 saturated carbocycles. The van der Waals surface area contributed by atoms with Crippen LogP contribution in [0.5, 0.6) is 5.88 Å². The first-order valence-electron chi connectivity index (χ1n) is 14.3. The van der Waals surface area contributed by atoms with Gasteiger partial charge in [-0.3, -0.25) is 4.90 Å². The van der Waals surface area contributed by atoms with E-state index in [9.17, 15) is 4.39 Å². The van der Waals surface area contributed by atoms with Gasteiger partial charge in [0.15, 0.2) is 0 Å². The number of fused-ring (bicyclic) bond motifs is 1. The number of aromatic nitrogens is 3.